The van der Waals surface area contributed by atoms with Gasteiger partial charge in [-0.05, 0) is 71.4 Å². The van der Waals surface area contributed by atoms with Crippen molar-refractivity contribution in [3.8, 4) is 0 Å². The molecule has 1 aromatic heterocycles. The Kier molecular flexibility index (Phi) is 6.26. The van der Waals surface area contributed by atoms with Crippen molar-refractivity contribution < 1.29 is 0 Å². The fraction of sp³-hybridized carbons (Fsp3) is 0.133. The van der Waals surface area contributed by atoms with Crippen LogP contribution in [0, 0.1) is 0 Å². The van der Waals surface area contributed by atoms with Gasteiger partial charge in [-0.1, -0.05) is 101 Å². The molecule has 2 heterocycles. The third kappa shape index (κ3) is 4.30. The first kappa shape index (κ1) is 23.2. The predicted molar refractivity (Wildman–Crippen MR) is 149 cm³/mol. The number of hydrogen-bond acceptors (Lipinski definition) is 3. The average Bonchev–Trinajstić information content (AvgIpc) is 3.20. The molecule has 0 unspecified atom stereocenters. The molecule has 3 aromatic carbocycles. The summed E-state index contributed by atoms with van der Waals surface area (Å²) in [7, 11) is 0. The molecule has 1 atom stereocenters. The van der Waals surface area contributed by atoms with Crippen molar-refractivity contribution in [3.63, 3.8) is 0 Å². The molecule has 3 nitrogen and oxygen atoms in total. The van der Waals surface area contributed by atoms with Gasteiger partial charge in [0.1, 0.15) is 0 Å². The maximum absolute atomic E-state index is 13.8. The van der Waals surface area contributed by atoms with Gasteiger partial charge in [0, 0.05) is 10.0 Å². The molecule has 4 aromatic rings. The molecule has 0 saturated heterocycles. The van der Waals surface area contributed by atoms with E-state index in [1.54, 1.807) is 12.1 Å². The zero-order valence-corrected chi connectivity index (χ0v) is 21.7. The number of fused-ring (bicyclic) bond motifs is 1. The Labute approximate surface area is 223 Å². The van der Waals surface area contributed by atoms with Crippen molar-refractivity contribution in [2.75, 3.05) is 0 Å². The lowest BCUT2D eigenvalue weighted by Crippen LogP contribution is -2.39. The average molecular weight is 529 g/mol. The van der Waals surface area contributed by atoms with Crippen LogP contribution in [-0.2, 0) is 0 Å². The zero-order chi connectivity index (χ0) is 24.6. The summed E-state index contributed by atoms with van der Waals surface area (Å²) in [5.74, 6) is 0. The first-order chi connectivity index (χ1) is 17.6. The number of benzene rings is 3. The van der Waals surface area contributed by atoms with E-state index in [4.69, 9.17) is 28.2 Å². The summed E-state index contributed by atoms with van der Waals surface area (Å²) in [5.41, 5.74) is 6.42. The van der Waals surface area contributed by atoms with Crippen LogP contribution in [0.5, 0.6) is 0 Å². The minimum absolute atomic E-state index is 0.0515. The summed E-state index contributed by atoms with van der Waals surface area (Å²) in [6, 6.07) is 25.8. The number of aromatic nitrogens is 1. The monoisotopic (exact) mass is 528 g/mol. The maximum atomic E-state index is 13.8. The molecular weight excluding hydrogens is 507 g/mol. The van der Waals surface area contributed by atoms with Crippen molar-refractivity contribution >= 4 is 46.7 Å². The zero-order valence-electron chi connectivity index (χ0n) is 19.3. The highest BCUT2D eigenvalue weighted by Crippen LogP contribution is 2.41. The van der Waals surface area contributed by atoms with Gasteiger partial charge in [-0.25, -0.2) is 4.99 Å². The van der Waals surface area contributed by atoms with E-state index in [9.17, 15) is 4.79 Å². The minimum Gasteiger partial charge on any atom is -0.272 e. The summed E-state index contributed by atoms with van der Waals surface area (Å²) >= 11 is 13.9. The van der Waals surface area contributed by atoms with Crippen LogP contribution in [0.1, 0.15) is 42.0 Å². The first-order valence-corrected chi connectivity index (χ1v) is 13.5. The summed E-state index contributed by atoms with van der Waals surface area (Å²) in [6.07, 6.45) is 6.99. The third-order valence-electron chi connectivity index (χ3n) is 6.64. The van der Waals surface area contributed by atoms with Crippen molar-refractivity contribution in [1.29, 1.82) is 0 Å². The van der Waals surface area contributed by atoms with Crippen molar-refractivity contribution in [3.05, 3.63) is 142 Å². The van der Waals surface area contributed by atoms with Crippen molar-refractivity contribution in [1.82, 2.24) is 4.57 Å². The summed E-state index contributed by atoms with van der Waals surface area (Å²) in [5, 5.41) is 1.08. The molecule has 0 spiro atoms. The Morgan fingerprint density at radius 1 is 0.917 bits per heavy atom. The predicted octanol–water partition coefficient (Wildman–Crippen LogP) is 6.79. The highest BCUT2D eigenvalue weighted by molar-refractivity contribution is 7.07. The topological polar surface area (TPSA) is 34.4 Å². The Morgan fingerprint density at radius 2 is 1.67 bits per heavy atom. The van der Waals surface area contributed by atoms with Crippen LogP contribution in [0.2, 0.25) is 10.0 Å². The highest BCUT2D eigenvalue weighted by Gasteiger charge is 2.32. The van der Waals surface area contributed by atoms with E-state index < -0.39 is 0 Å². The standard InChI is InChI=1S/C30H22Cl2N2OS/c31-23-15-14-21(25(32)18-23)17-26-29(35)34-28(20-10-5-2-6-11-20)24-13-7-12-22(27(24)33-30(34)36-26)16-19-8-3-1-4-9-19/h1-6,8-11,14-18,28H,7,12-13H2/b22-16-,26-17-/t28-/m1/s1. The second-order valence-electron chi connectivity index (χ2n) is 8.97. The van der Waals surface area contributed by atoms with E-state index in [1.165, 1.54) is 22.5 Å². The molecule has 178 valence electrons. The van der Waals surface area contributed by atoms with Crippen LogP contribution in [0.15, 0.2) is 105 Å². The van der Waals surface area contributed by atoms with E-state index in [2.05, 4.69) is 42.5 Å². The van der Waals surface area contributed by atoms with Crippen molar-refractivity contribution in [2.24, 2.45) is 4.99 Å². The van der Waals surface area contributed by atoms with Crippen LogP contribution < -0.4 is 14.9 Å². The maximum Gasteiger partial charge on any atom is 0.271 e. The highest BCUT2D eigenvalue weighted by atomic mass is 35.5. The van der Waals surface area contributed by atoms with Gasteiger partial charge in [-0.15, -0.1) is 0 Å². The molecule has 0 bridgehead atoms. The van der Waals surface area contributed by atoms with Gasteiger partial charge >= 0.3 is 0 Å². The van der Waals surface area contributed by atoms with Crippen LogP contribution in [0.3, 0.4) is 0 Å². The smallest absolute Gasteiger partial charge is 0.271 e. The van der Waals surface area contributed by atoms with Gasteiger partial charge in [-0.3, -0.25) is 9.36 Å². The number of allylic oxidation sites excluding steroid dienone is 2. The lowest BCUT2D eigenvalue weighted by Gasteiger charge is -2.31. The molecule has 0 radical (unpaired) electrons. The number of thiazole rings is 1. The van der Waals surface area contributed by atoms with Gasteiger partial charge in [0.2, 0.25) is 0 Å². The molecule has 0 N–H and O–H groups in total. The Hall–Kier alpha value is -3.18. The van der Waals surface area contributed by atoms with E-state index in [0.29, 0.717) is 19.4 Å². The van der Waals surface area contributed by atoms with Crippen LogP contribution in [0.25, 0.3) is 12.2 Å². The van der Waals surface area contributed by atoms with E-state index in [-0.39, 0.29) is 11.6 Å². The van der Waals surface area contributed by atoms with Crippen LogP contribution in [0.4, 0.5) is 0 Å². The molecule has 0 fully saturated rings. The lowest BCUT2D eigenvalue weighted by atomic mass is 9.84. The fourth-order valence-electron chi connectivity index (χ4n) is 5.00. The largest absolute Gasteiger partial charge is 0.272 e. The second kappa shape index (κ2) is 9.70. The van der Waals surface area contributed by atoms with Gasteiger partial charge in [0.25, 0.3) is 5.56 Å². The number of hydrogen-bond donors (Lipinski definition) is 0. The van der Waals surface area contributed by atoms with Gasteiger partial charge in [-0.2, -0.15) is 0 Å². The molecular formula is C30H22Cl2N2OS. The minimum atomic E-state index is -0.181. The lowest BCUT2D eigenvalue weighted by molar-refractivity contribution is 0.553. The molecule has 6 heteroatoms. The molecule has 1 aliphatic heterocycles. The van der Waals surface area contributed by atoms with Gasteiger partial charge < -0.3 is 0 Å². The van der Waals surface area contributed by atoms with E-state index >= 15 is 0 Å². The summed E-state index contributed by atoms with van der Waals surface area (Å²) in [4.78, 5) is 19.6. The number of rotatable bonds is 3. The van der Waals surface area contributed by atoms with Crippen LogP contribution in [-0.4, -0.2) is 4.57 Å². The number of halogens is 2. The molecule has 2 aliphatic rings. The van der Waals surface area contributed by atoms with Gasteiger partial charge in [0.15, 0.2) is 4.80 Å². The number of nitrogens with zero attached hydrogens (tertiary/aromatic N) is 2. The second-order valence-corrected chi connectivity index (χ2v) is 10.8. The third-order valence-corrected chi connectivity index (χ3v) is 8.18. The van der Waals surface area contributed by atoms with E-state index in [1.807, 2.05) is 41.0 Å². The Morgan fingerprint density at radius 3 is 2.42 bits per heavy atom. The fourth-order valence-corrected chi connectivity index (χ4v) is 6.46. The van der Waals surface area contributed by atoms with Crippen LogP contribution >= 0.6 is 34.5 Å². The van der Waals surface area contributed by atoms with Crippen molar-refractivity contribution in [2.45, 2.75) is 25.3 Å². The summed E-state index contributed by atoms with van der Waals surface area (Å²) < 4.78 is 2.47. The quantitative estimate of drug-likeness (QED) is 0.288. The van der Waals surface area contributed by atoms with Gasteiger partial charge in [0.05, 0.1) is 16.3 Å². The SMILES string of the molecule is O=c1/c(=C/c2ccc(Cl)cc2Cl)sc2n1[C@H](c1ccccc1)C1=C(N=2)/C(=C\c2ccccc2)CCC1. The Balaban J connectivity index is 1.59. The summed E-state index contributed by atoms with van der Waals surface area (Å²) in [6.45, 7) is 0. The molecule has 0 amide bonds. The van der Waals surface area contributed by atoms with E-state index in [0.717, 1.165) is 41.6 Å². The first-order valence-electron chi connectivity index (χ1n) is 11.9. The molecule has 1 aliphatic carbocycles. The molecule has 0 saturated carbocycles. The molecule has 36 heavy (non-hydrogen) atoms. The Bertz CT molecular complexity index is 1700. The normalized spacial score (nSPS) is 18.7. The molecule has 6 rings (SSSR count).